The summed E-state index contributed by atoms with van der Waals surface area (Å²) in [7, 11) is 0. The van der Waals surface area contributed by atoms with E-state index in [9.17, 15) is 9.18 Å². The third kappa shape index (κ3) is 1.35. The lowest BCUT2D eigenvalue weighted by Gasteiger charge is -2.00. The van der Waals surface area contributed by atoms with Gasteiger partial charge in [-0.2, -0.15) is 0 Å². The maximum absolute atomic E-state index is 13.6. The van der Waals surface area contributed by atoms with Crippen LogP contribution in [0.15, 0.2) is 24.4 Å². The number of aromatic nitrogens is 1. The van der Waals surface area contributed by atoms with E-state index in [0.29, 0.717) is 10.9 Å². The second-order valence-electron chi connectivity index (χ2n) is 3.05. The number of halogens is 1. The number of carboxylic acid groups (broad SMARTS) is 1. The van der Waals surface area contributed by atoms with E-state index >= 15 is 0 Å². The number of carboxylic acids is 1. The van der Waals surface area contributed by atoms with Crippen LogP contribution in [0.5, 0.6) is 0 Å². The van der Waals surface area contributed by atoms with Gasteiger partial charge in [0.05, 0.1) is 6.42 Å². The number of rotatable bonds is 2. The van der Waals surface area contributed by atoms with Gasteiger partial charge in [-0.25, -0.2) is 4.39 Å². The van der Waals surface area contributed by atoms with Gasteiger partial charge in [0.2, 0.25) is 0 Å². The molecule has 0 unspecified atom stereocenters. The van der Waals surface area contributed by atoms with Crippen LogP contribution in [0.1, 0.15) is 5.56 Å². The first kappa shape index (κ1) is 8.74. The number of aliphatic carboxylic acids is 1. The highest BCUT2D eigenvalue weighted by atomic mass is 19.1. The third-order valence-corrected chi connectivity index (χ3v) is 2.09. The molecule has 3 nitrogen and oxygen atoms in total. The molecule has 0 aliphatic carbocycles. The number of aromatic amines is 1. The Morgan fingerprint density at radius 1 is 1.43 bits per heavy atom. The molecule has 14 heavy (non-hydrogen) atoms. The van der Waals surface area contributed by atoms with Crippen molar-refractivity contribution >= 4 is 16.9 Å². The summed E-state index contributed by atoms with van der Waals surface area (Å²) in [6.07, 6.45) is 1.34. The predicted molar refractivity (Wildman–Crippen MR) is 49.6 cm³/mol. The van der Waals surface area contributed by atoms with E-state index in [0.717, 1.165) is 0 Å². The number of hydrogen-bond donors (Lipinski definition) is 2. The monoisotopic (exact) mass is 193 g/mol. The Kier molecular flexibility index (Phi) is 1.96. The molecule has 4 heteroatoms. The first-order chi connectivity index (χ1) is 6.68. The fourth-order valence-electron chi connectivity index (χ4n) is 1.44. The lowest BCUT2D eigenvalue weighted by atomic mass is 10.1. The molecule has 1 heterocycles. The van der Waals surface area contributed by atoms with Crippen LogP contribution >= 0.6 is 0 Å². The lowest BCUT2D eigenvalue weighted by Crippen LogP contribution is -2.02. The fraction of sp³-hybridized carbons (Fsp3) is 0.100. The van der Waals surface area contributed by atoms with Crippen molar-refractivity contribution in [3.63, 3.8) is 0 Å². The molecule has 0 radical (unpaired) electrons. The van der Waals surface area contributed by atoms with Crippen LogP contribution in [0, 0.1) is 5.82 Å². The van der Waals surface area contributed by atoms with Crippen LogP contribution in [-0.4, -0.2) is 16.1 Å². The minimum atomic E-state index is -1.03. The van der Waals surface area contributed by atoms with Crippen molar-refractivity contribution in [2.24, 2.45) is 0 Å². The van der Waals surface area contributed by atoms with Gasteiger partial charge in [-0.05, 0) is 17.7 Å². The average molecular weight is 193 g/mol. The highest BCUT2D eigenvalue weighted by Crippen LogP contribution is 2.20. The van der Waals surface area contributed by atoms with Crippen LogP contribution in [0.4, 0.5) is 4.39 Å². The molecule has 0 aliphatic rings. The average Bonchev–Trinajstić information content (AvgIpc) is 2.57. The van der Waals surface area contributed by atoms with Gasteiger partial charge < -0.3 is 10.1 Å². The van der Waals surface area contributed by atoms with E-state index in [4.69, 9.17) is 5.11 Å². The van der Waals surface area contributed by atoms with Gasteiger partial charge in [0.15, 0.2) is 0 Å². The van der Waals surface area contributed by atoms with Gasteiger partial charge in [-0.15, -0.1) is 0 Å². The summed E-state index contributed by atoms with van der Waals surface area (Å²) >= 11 is 0. The molecule has 1 aromatic heterocycles. The minimum Gasteiger partial charge on any atom is -0.481 e. The fourth-order valence-corrected chi connectivity index (χ4v) is 1.44. The second-order valence-corrected chi connectivity index (χ2v) is 3.05. The van der Waals surface area contributed by atoms with Crippen LogP contribution in [0.25, 0.3) is 10.9 Å². The Balaban J connectivity index is 2.56. The summed E-state index contributed by atoms with van der Waals surface area (Å²) in [4.78, 5) is 13.3. The predicted octanol–water partition coefficient (Wildman–Crippen LogP) is 1.93. The standard InChI is InChI=1S/C10H8FNO2/c11-10-6(5-9(13)14)1-2-8-7(10)3-4-12-8/h1-4,12H,5H2,(H,13,14). The van der Waals surface area contributed by atoms with Gasteiger partial charge in [-0.3, -0.25) is 4.79 Å². The van der Waals surface area contributed by atoms with Crippen LogP contribution in [-0.2, 0) is 11.2 Å². The van der Waals surface area contributed by atoms with Gasteiger partial charge in [0, 0.05) is 17.1 Å². The molecule has 0 amide bonds. The van der Waals surface area contributed by atoms with Crippen molar-refractivity contribution < 1.29 is 14.3 Å². The molecule has 0 saturated heterocycles. The summed E-state index contributed by atoms with van der Waals surface area (Å²) < 4.78 is 13.6. The SMILES string of the molecule is O=C(O)Cc1ccc2[nH]ccc2c1F. The lowest BCUT2D eigenvalue weighted by molar-refractivity contribution is -0.136. The topological polar surface area (TPSA) is 53.1 Å². The van der Waals surface area contributed by atoms with E-state index in [1.807, 2.05) is 0 Å². The van der Waals surface area contributed by atoms with Gasteiger partial charge in [0.1, 0.15) is 5.82 Å². The van der Waals surface area contributed by atoms with Crippen molar-refractivity contribution in [3.8, 4) is 0 Å². The maximum atomic E-state index is 13.6. The third-order valence-electron chi connectivity index (χ3n) is 2.09. The Labute approximate surface area is 79.2 Å². The van der Waals surface area contributed by atoms with E-state index in [1.54, 1.807) is 18.3 Å². The van der Waals surface area contributed by atoms with Crippen molar-refractivity contribution in [1.82, 2.24) is 4.98 Å². The number of hydrogen-bond acceptors (Lipinski definition) is 1. The van der Waals surface area contributed by atoms with Crippen LogP contribution < -0.4 is 0 Å². The van der Waals surface area contributed by atoms with Crippen molar-refractivity contribution in [2.45, 2.75) is 6.42 Å². The van der Waals surface area contributed by atoms with E-state index in [2.05, 4.69) is 4.98 Å². The Morgan fingerprint density at radius 3 is 2.93 bits per heavy atom. The van der Waals surface area contributed by atoms with E-state index in [1.165, 1.54) is 6.07 Å². The molecule has 0 saturated carbocycles. The Bertz CT molecular complexity index is 490. The number of H-pyrrole nitrogens is 1. The molecule has 0 bridgehead atoms. The zero-order valence-corrected chi connectivity index (χ0v) is 7.25. The highest BCUT2D eigenvalue weighted by molar-refractivity contribution is 5.82. The van der Waals surface area contributed by atoms with E-state index < -0.39 is 11.8 Å². The number of nitrogens with one attached hydrogen (secondary N) is 1. The zero-order chi connectivity index (χ0) is 10.1. The molecule has 0 aliphatic heterocycles. The molecule has 0 atom stereocenters. The molecule has 0 spiro atoms. The molecular weight excluding hydrogens is 185 g/mol. The quantitative estimate of drug-likeness (QED) is 0.765. The second kappa shape index (κ2) is 3.14. The largest absolute Gasteiger partial charge is 0.481 e. The summed E-state index contributed by atoms with van der Waals surface area (Å²) in [5.41, 5.74) is 0.890. The van der Waals surface area contributed by atoms with Crippen LogP contribution in [0.2, 0.25) is 0 Å². The summed E-state index contributed by atoms with van der Waals surface area (Å²) in [6, 6.07) is 4.76. The van der Waals surface area contributed by atoms with Crippen molar-refractivity contribution in [1.29, 1.82) is 0 Å². The maximum Gasteiger partial charge on any atom is 0.307 e. The molecule has 72 valence electrons. The molecule has 2 aromatic rings. The number of benzene rings is 1. The Morgan fingerprint density at radius 2 is 2.21 bits per heavy atom. The number of fused-ring (bicyclic) bond motifs is 1. The van der Waals surface area contributed by atoms with Gasteiger partial charge >= 0.3 is 5.97 Å². The highest BCUT2D eigenvalue weighted by Gasteiger charge is 2.10. The number of carbonyl (C=O) groups is 1. The normalized spacial score (nSPS) is 10.6. The Hall–Kier alpha value is -1.84. The summed E-state index contributed by atoms with van der Waals surface area (Å²) in [5, 5.41) is 8.97. The van der Waals surface area contributed by atoms with Gasteiger partial charge in [-0.1, -0.05) is 6.07 Å². The summed E-state index contributed by atoms with van der Waals surface area (Å²) in [6.45, 7) is 0. The zero-order valence-electron chi connectivity index (χ0n) is 7.25. The first-order valence-corrected chi connectivity index (χ1v) is 4.15. The van der Waals surface area contributed by atoms with Gasteiger partial charge in [0.25, 0.3) is 0 Å². The smallest absolute Gasteiger partial charge is 0.307 e. The van der Waals surface area contributed by atoms with Crippen molar-refractivity contribution in [2.75, 3.05) is 0 Å². The molecule has 0 fully saturated rings. The minimum absolute atomic E-state index is 0.213. The molecule has 2 N–H and O–H groups in total. The van der Waals surface area contributed by atoms with E-state index in [-0.39, 0.29) is 12.0 Å². The van der Waals surface area contributed by atoms with Crippen LogP contribution in [0.3, 0.4) is 0 Å². The first-order valence-electron chi connectivity index (χ1n) is 4.15. The van der Waals surface area contributed by atoms with Crippen molar-refractivity contribution in [3.05, 3.63) is 35.8 Å². The summed E-state index contributed by atoms with van der Waals surface area (Å²) in [5.74, 6) is -1.48. The molecule has 2 rings (SSSR count). The molecule has 1 aromatic carbocycles. The molecular formula is C10H8FNO2.